The molecule has 168 valence electrons. The third-order valence-electron chi connectivity index (χ3n) is 4.54. The van der Waals surface area contributed by atoms with Crippen molar-refractivity contribution < 1.29 is 54.2 Å². The van der Waals surface area contributed by atoms with Gasteiger partial charge in [-0.05, 0) is 0 Å². The van der Waals surface area contributed by atoms with Crippen molar-refractivity contribution in [1.82, 2.24) is 5.09 Å². The molecule has 7 nitrogen and oxygen atoms in total. The van der Waals surface area contributed by atoms with Gasteiger partial charge in [-0.3, -0.25) is 0 Å². The second kappa shape index (κ2) is 6.44. The van der Waals surface area contributed by atoms with E-state index < -0.39 is 67.1 Å². The van der Waals surface area contributed by atoms with Gasteiger partial charge in [-0.15, -0.1) is 0 Å². The van der Waals surface area contributed by atoms with Crippen molar-refractivity contribution >= 4 is 19.3 Å². The van der Waals surface area contributed by atoms with Gasteiger partial charge >= 0.3 is 165 Å². The fourth-order valence-electron chi connectivity index (χ4n) is 3.67. The third-order valence-corrected chi connectivity index (χ3v) is 8.75. The summed E-state index contributed by atoms with van der Waals surface area (Å²) in [6.07, 6.45) is -12.5. The van der Waals surface area contributed by atoms with Crippen LogP contribution in [0, 0.1) is 6.92 Å². The molecule has 0 radical (unpaired) electrons. The van der Waals surface area contributed by atoms with Crippen molar-refractivity contribution in [3.63, 3.8) is 0 Å². The van der Waals surface area contributed by atoms with Gasteiger partial charge in [-0.25, -0.2) is 0 Å². The zero-order valence-corrected chi connectivity index (χ0v) is 16.6. The number of fused-ring (bicyclic) bond motifs is 3. The first-order valence-electron chi connectivity index (χ1n) is 8.55. The van der Waals surface area contributed by atoms with Crippen LogP contribution in [0.5, 0.6) is 5.75 Å². The van der Waals surface area contributed by atoms with Gasteiger partial charge in [0.15, 0.2) is 0 Å². The van der Waals surface area contributed by atoms with E-state index in [0.717, 1.165) is 12.1 Å². The first kappa shape index (κ1) is 22.6. The van der Waals surface area contributed by atoms with Gasteiger partial charge in [0.25, 0.3) is 0 Å². The zero-order chi connectivity index (χ0) is 22.8. The van der Waals surface area contributed by atoms with Gasteiger partial charge in [0, 0.05) is 0 Å². The Hall–Kier alpha value is -2.11. The van der Waals surface area contributed by atoms with Crippen molar-refractivity contribution in [1.29, 1.82) is 0 Å². The normalized spacial score (nSPS) is 25.2. The molecule has 0 aromatic heterocycles. The van der Waals surface area contributed by atoms with Crippen LogP contribution in [-0.4, -0.2) is 37.4 Å². The van der Waals surface area contributed by atoms with Gasteiger partial charge in [-0.2, -0.15) is 0 Å². The van der Waals surface area contributed by atoms with Crippen LogP contribution in [0.2, 0.25) is 0 Å². The molecule has 2 aliphatic heterocycles. The molecule has 14 heteroatoms. The van der Waals surface area contributed by atoms with Crippen molar-refractivity contribution in [2.24, 2.45) is 0 Å². The topological polar surface area (TPSA) is 83.1 Å². The maximum absolute atomic E-state index is 14.6. The molecule has 3 rings (SSSR count). The van der Waals surface area contributed by atoms with Crippen molar-refractivity contribution in [3.8, 4) is 5.75 Å². The first-order chi connectivity index (χ1) is 13.7. The Morgan fingerprint density at radius 1 is 1.13 bits per heavy atom. The Kier molecular flexibility index (Phi) is 4.85. The number of ketones is 1. The predicted molar refractivity (Wildman–Crippen MR) is 89.7 cm³/mol. The summed E-state index contributed by atoms with van der Waals surface area (Å²) in [4.78, 5) is 24.0. The number of alkyl halides is 6. The number of hydrogen-bond acceptors (Lipinski definition) is 6. The number of carbonyl (C=O) groups is 2. The third kappa shape index (κ3) is 2.64. The number of carbonyl (C=O) groups excluding carboxylic acids is 2. The van der Waals surface area contributed by atoms with Crippen molar-refractivity contribution in [3.05, 3.63) is 28.8 Å². The molecule has 1 N–H and O–H groups in total. The summed E-state index contributed by atoms with van der Waals surface area (Å²) < 4.78 is 104. The second-order valence-corrected chi connectivity index (χ2v) is 9.79. The van der Waals surface area contributed by atoms with Crippen LogP contribution < -0.4 is 9.61 Å². The van der Waals surface area contributed by atoms with Crippen LogP contribution in [0.15, 0.2) is 12.1 Å². The van der Waals surface area contributed by atoms with E-state index in [9.17, 15) is 35.9 Å². The number of amides is 1. The summed E-state index contributed by atoms with van der Waals surface area (Å²) in [5.74, 6) is -3.50. The van der Waals surface area contributed by atoms with E-state index in [-0.39, 0.29) is 5.56 Å². The number of benzene rings is 1. The molecule has 0 saturated carbocycles. The standard InChI is InChI=1S/C16H16F6NO6P/c1-4-26-30(27-5-2)14(16(20,21)22,28-13(25)23-30)10-7-8(3)6-9(11(10)29-30)12(24)15(17,18)19/h6-7H,4-5H2,1-3H3,(H,23,25). The average molecular weight is 463 g/mol. The molecule has 1 fully saturated rings. The summed E-state index contributed by atoms with van der Waals surface area (Å²) in [5, 5.41) is -1.88. The van der Waals surface area contributed by atoms with E-state index in [0.29, 0.717) is 0 Å². The summed E-state index contributed by atoms with van der Waals surface area (Å²) in [6.45, 7) is 2.73. The first-order valence-corrected chi connectivity index (χ1v) is 10.5. The summed E-state index contributed by atoms with van der Waals surface area (Å²) in [6, 6.07) is 1.55. The predicted octanol–water partition coefficient (Wildman–Crippen LogP) is 4.87. The fraction of sp³-hybridized carbons (Fsp3) is 0.500. The van der Waals surface area contributed by atoms with Crippen molar-refractivity contribution in [2.45, 2.75) is 38.5 Å². The van der Waals surface area contributed by atoms with E-state index in [4.69, 9.17) is 13.6 Å². The van der Waals surface area contributed by atoms with Crippen LogP contribution in [0.4, 0.5) is 31.1 Å². The monoisotopic (exact) mass is 463 g/mol. The molecule has 1 amide bonds. The summed E-state index contributed by atoms with van der Waals surface area (Å²) in [7, 11) is -5.94. The average Bonchev–Trinajstić information content (AvgIpc) is 2.96. The van der Waals surface area contributed by atoms with Gasteiger partial charge < -0.3 is 0 Å². The molecule has 1 aromatic rings. The Morgan fingerprint density at radius 2 is 1.70 bits per heavy atom. The zero-order valence-electron chi connectivity index (χ0n) is 15.7. The van der Waals surface area contributed by atoms with Gasteiger partial charge in [0.1, 0.15) is 0 Å². The SMILES string of the molecule is CCOP12(OCC)NC(=O)OC1(C(F)(F)F)c1cc(C)cc(C(=O)C(F)(F)F)c1O2. The quantitative estimate of drug-likeness (QED) is 0.381. The Balaban J connectivity index is 2.47. The Morgan fingerprint density at radius 3 is 2.17 bits per heavy atom. The molecule has 1 saturated heterocycles. The molecule has 0 bridgehead atoms. The molecule has 1 atom stereocenters. The number of rotatable bonds is 5. The van der Waals surface area contributed by atoms with Gasteiger partial charge in [0.2, 0.25) is 0 Å². The summed E-state index contributed by atoms with van der Waals surface area (Å²) in [5.41, 5.74) is -2.33. The Labute approximate surface area is 165 Å². The molecule has 1 unspecified atom stereocenters. The number of Topliss-reactive ketones (excluding diaryl/α,β-unsaturated/α-hetero) is 1. The van der Waals surface area contributed by atoms with Crippen molar-refractivity contribution in [2.75, 3.05) is 13.2 Å². The summed E-state index contributed by atoms with van der Waals surface area (Å²) >= 11 is 0. The van der Waals surface area contributed by atoms with Crippen LogP contribution in [0.25, 0.3) is 0 Å². The number of ether oxygens (including phenoxy) is 1. The number of halogens is 6. The molecule has 0 spiro atoms. The van der Waals surface area contributed by atoms with E-state index in [1.165, 1.54) is 20.8 Å². The van der Waals surface area contributed by atoms with Gasteiger partial charge in [0.05, 0.1) is 0 Å². The molecular weight excluding hydrogens is 447 g/mol. The Bertz CT molecular complexity index is 926. The number of nitrogens with one attached hydrogen (secondary N) is 1. The van der Waals surface area contributed by atoms with E-state index >= 15 is 0 Å². The van der Waals surface area contributed by atoms with Crippen LogP contribution >= 0.6 is 7.43 Å². The second-order valence-electron chi connectivity index (χ2n) is 6.47. The number of aryl methyl sites for hydroxylation is 1. The number of hydrogen-bond donors (Lipinski definition) is 1. The maximum atomic E-state index is 14.6. The molecule has 0 aliphatic carbocycles. The van der Waals surface area contributed by atoms with E-state index in [1.54, 1.807) is 0 Å². The van der Waals surface area contributed by atoms with Gasteiger partial charge in [-0.1, -0.05) is 0 Å². The molecule has 2 aliphatic rings. The molecule has 1 aromatic carbocycles. The van der Waals surface area contributed by atoms with Crippen LogP contribution in [-0.2, 0) is 19.1 Å². The molecule has 30 heavy (non-hydrogen) atoms. The van der Waals surface area contributed by atoms with E-state index in [2.05, 4.69) is 4.74 Å². The minimum atomic E-state index is -5.94. The van der Waals surface area contributed by atoms with Crippen LogP contribution in [0.1, 0.15) is 35.3 Å². The van der Waals surface area contributed by atoms with Crippen LogP contribution in [0.3, 0.4) is 0 Å². The fourth-order valence-corrected chi connectivity index (χ4v) is 7.76. The van der Waals surface area contributed by atoms with E-state index in [1.807, 2.05) is 5.09 Å². The molecular formula is C16H16F6NO6P. The minimum absolute atomic E-state index is 0.136. The molecule has 2 heterocycles.